The molecule has 78 heavy (non-hydrogen) atoms. The molecule has 2 unspecified atom stereocenters. The van der Waals surface area contributed by atoms with E-state index >= 15 is 0 Å². The first-order valence-electron chi connectivity index (χ1n) is 25.5. The summed E-state index contributed by atoms with van der Waals surface area (Å²) in [7, 11) is 1.30. The standard InChI is InChI=1S/C31H38Cl2N4O7.C25H29Cl2N3O4/c1-30(2,3)44-29(43)35-18-24(38)34-16-15-31(13-4-5-14-31)28(42)37-23(27(40)41)17-19-9-11-20(12-10-19)36-26(39)25-21(32)7-6-8-22(25)33;1-34-23(32)20(30-24(33)25(13-14-28)11-2-3-12-25)15-16-7-9-17(10-8-16)29-22(31)21-18(26)5-4-6-19(21)27/h6-12,23H,4-5,13-18H2,1-3H3,(H,34,38)(H,35,43)(H,36,39)(H,37,42)(H,40,41);4-10,20H,2-3,11-15,28H2,1H3,(H,29,31)(H,30,33). The maximum Gasteiger partial charge on any atom is 0.408 e. The minimum atomic E-state index is -1.19. The SMILES string of the molecule is CC(C)(C)OC(=O)NCC(=O)NCCC1(C(=O)NC(Cc2ccc(NC(=O)c3c(Cl)cccc3Cl)cc2)C(=O)O)CCCC1.COC(=O)C(Cc1ccc(NC(=O)c2c(Cl)cccc2Cl)cc1)NC(=O)C1(CCN)CCCC1. The van der Waals surface area contributed by atoms with Crippen molar-refractivity contribution in [3.05, 3.63) is 127 Å². The molecule has 0 radical (unpaired) electrons. The van der Waals surface area contributed by atoms with E-state index in [0.717, 1.165) is 44.1 Å². The number of nitrogens with one attached hydrogen (secondary N) is 6. The van der Waals surface area contributed by atoms with Gasteiger partial charge in [0.15, 0.2) is 0 Å². The van der Waals surface area contributed by atoms with Crippen molar-refractivity contribution < 1.29 is 52.9 Å². The van der Waals surface area contributed by atoms with Gasteiger partial charge in [0.05, 0.1) is 55.7 Å². The molecule has 420 valence electrons. The average molecular weight is 1160 g/mol. The van der Waals surface area contributed by atoms with E-state index in [1.54, 1.807) is 106 Å². The summed E-state index contributed by atoms with van der Waals surface area (Å²) in [6.07, 6.45) is 6.74. The van der Waals surface area contributed by atoms with Crippen LogP contribution in [0.3, 0.4) is 0 Å². The number of esters is 1. The van der Waals surface area contributed by atoms with Crippen LogP contribution in [0, 0.1) is 10.8 Å². The van der Waals surface area contributed by atoms with Gasteiger partial charge in [-0.3, -0.25) is 24.0 Å². The Hall–Kier alpha value is -6.44. The normalized spacial score (nSPS) is 15.0. The molecule has 2 fully saturated rings. The third-order valence-electron chi connectivity index (χ3n) is 13.5. The van der Waals surface area contributed by atoms with E-state index in [1.165, 1.54) is 7.11 Å². The molecule has 0 aromatic heterocycles. The van der Waals surface area contributed by atoms with Crippen molar-refractivity contribution >= 4 is 105 Å². The largest absolute Gasteiger partial charge is 0.480 e. The first-order chi connectivity index (χ1) is 37.0. The Morgan fingerprint density at radius 1 is 0.615 bits per heavy atom. The Labute approximate surface area is 473 Å². The van der Waals surface area contributed by atoms with Crippen LogP contribution >= 0.6 is 46.4 Å². The van der Waals surface area contributed by atoms with Gasteiger partial charge in [0.1, 0.15) is 17.7 Å². The van der Waals surface area contributed by atoms with Crippen molar-refractivity contribution in [3.8, 4) is 0 Å². The molecule has 0 aliphatic heterocycles. The van der Waals surface area contributed by atoms with Gasteiger partial charge < -0.3 is 52.2 Å². The fraction of sp³-hybridized carbons (Fsp3) is 0.429. The number of amides is 6. The smallest absolute Gasteiger partial charge is 0.408 e. The van der Waals surface area contributed by atoms with Crippen molar-refractivity contribution in [1.29, 1.82) is 0 Å². The Morgan fingerprint density at radius 3 is 1.42 bits per heavy atom. The van der Waals surface area contributed by atoms with E-state index in [2.05, 4.69) is 31.9 Å². The lowest BCUT2D eigenvalue weighted by atomic mass is 9.81. The van der Waals surface area contributed by atoms with Gasteiger partial charge in [0, 0.05) is 30.8 Å². The van der Waals surface area contributed by atoms with E-state index in [-0.39, 0.29) is 69.0 Å². The molecular formula is C56H67Cl4N7O11. The first kappa shape index (κ1) is 62.4. The first-order valence-corrected chi connectivity index (χ1v) is 27.0. The van der Waals surface area contributed by atoms with Crippen LogP contribution in [-0.4, -0.2) is 97.1 Å². The molecule has 0 bridgehead atoms. The maximum absolute atomic E-state index is 13.4. The number of ether oxygens (including phenoxy) is 2. The van der Waals surface area contributed by atoms with Crippen LogP contribution in [0.5, 0.6) is 0 Å². The predicted molar refractivity (Wildman–Crippen MR) is 300 cm³/mol. The number of carboxylic acid groups (broad SMARTS) is 1. The molecule has 2 aliphatic rings. The topological polar surface area (TPSA) is 273 Å². The van der Waals surface area contributed by atoms with Gasteiger partial charge in [0.25, 0.3) is 11.8 Å². The summed E-state index contributed by atoms with van der Waals surface area (Å²) >= 11 is 24.4. The third-order valence-corrected chi connectivity index (χ3v) is 14.8. The van der Waals surface area contributed by atoms with Gasteiger partial charge >= 0.3 is 18.0 Å². The number of anilines is 2. The fourth-order valence-electron chi connectivity index (χ4n) is 9.43. The molecule has 2 atom stereocenters. The van der Waals surface area contributed by atoms with Gasteiger partial charge in [-0.15, -0.1) is 0 Å². The molecule has 4 aromatic rings. The highest BCUT2D eigenvalue weighted by Crippen LogP contribution is 2.42. The molecular weight excluding hydrogens is 1090 g/mol. The van der Waals surface area contributed by atoms with E-state index in [4.69, 9.17) is 61.6 Å². The molecule has 22 heteroatoms. The van der Waals surface area contributed by atoms with Crippen LogP contribution in [-0.2, 0) is 46.3 Å². The number of halogens is 4. The highest BCUT2D eigenvalue weighted by molar-refractivity contribution is 6.41. The summed E-state index contributed by atoms with van der Waals surface area (Å²) in [6, 6.07) is 21.1. The average Bonchev–Trinajstić information content (AvgIpc) is 4.09. The third kappa shape index (κ3) is 18.1. The lowest BCUT2D eigenvalue weighted by Gasteiger charge is -2.29. The second-order valence-electron chi connectivity index (χ2n) is 20.3. The second kappa shape index (κ2) is 29.0. The molecule has 2 saturated carbocycles. The van der Waals surface area contributed by atoms with Crippen molar-refractivity contribution in [1.82, 2.24) is 21.3 Å². The summed E-state index contributed by atoms with van der Waals surface area (Å²) in [6.45, 7) is 5.48. The molecule has 6 amide bonds. The van der Waals surface area contributed by atoms with Crippen LogP contribution in [0.4, 0.5) is 16.2 Å². The molecule has 0 heterocycles. The number of nitrogens with two attached hydrogens (primary N) is 1. The zero-order chi connectivity index (χ0) is 57.2. The summed E-state index contributed by atoms with van der Waals surface area (Å²) in [4.78, 5) is 100. The Morgan fingerprint density at radius 2 is 1.03 bits per heavy atom. The number of hydrogen-bond donors (Lipinski definition) is 8. The van der Waals surface area contributed by atoms with Crippen LogP contribution in [0.15, 0.2) is 84.9 Å². The van der Waals surface area contributed by atoms with Crippen molar-refractivity contribution in [3.63, 3.8) is 0 Å². The molecule has 4 aromatic carbocycles. The zero-order valence-corrected chi connectivity index (χ0v) is 47.0. The Balaban J connectivity index is 0.000000297. The van der Waals surface area contributed by atoms with Crippen molar-refractivity contribution in [2.45, 2.75) is 116 Å². The van der Waals surface area contributed by atoms with Crippen LogP contribution in [0.2, 0.25) is 20.1 Å². The molecule has 9 N–H and O–H groups in total. The maximum atomic E-state index is 13.4. The zero-order valence-electron chi connectivity index (χ0n) is 44.0. The monoisotopic (exact) mass is 1150 g/mol. The van der Waals surface area contributed by atoms with E-state index < -0.39 is 64.3 Å². The number of methoxy groups -OCH3 is 1. The minimum Gasteiger partial charge on any atom is -0.480 e. The van der Waals surface area contributed by atoms with Crippen LogP contribution < -0.4 is 37.6 Å². The van der Waals surface area contributed by atoms with Gasteiger partial charge in [-0.05, 0) is 125 Å². The van der Waals surface area contributed by atoms with Crippen molar-refractivity contribution in [2.75, 3.05) is 37.4 Å². The summed E-state index contributed by atoms with van der Waals surface area (Å²) in [5, 5.41) is 27.0. The van der Waals surface area contributed by atoms with Gasteiger partial charge in [-0.2, -0.15) is 0 Å². The summed E-state index contributed by atoms with van der Waals surface area (Å²) < 4.78 is 10.0. The summed E-state index contributed by atoms with van der Waals surface area (Å²) in [5.74, 6) is -3.55. The highest BCUT2D eigenvalue weighted by atomic mass is 35.5. The number of hydrogen-bond acceptors (Lipinski definition) is 11. The summed E-state index contributed by atoms with van der Waals surface area (Å²) in [5.41, 5.74) is 6.50. The fourth-order valence-corrected chi connectivity index (χ4v) is 10.6. The lowest BCUT2D eigenvalue weighted by molar-refractivity contribution is -0.146. The number of benzene rings is 4. The number of carbonyl (C=O) groups excluding carboxylic acids is 7. The van der Waals surface area contributed by atoms with Crippen LogP contribution in [0.25, 0.3) is 0 Å². The number of aliphatic carboxylic acids is 1. The highest BCUT2D eigenvalue weighted by Gasteiger charge is 2.43. The van der Waals surface area contributed by atoms with Crippen LogP contribution in [0.1, 0.15) is 117 Å². The molecule has 2 aliphatic carbocycles. The molecule has 0 spiro atoms. The number of rotatable bonds is 21. The van der Waals surface area contributed by atoms with E-state index in [1.807, 2.05) is 0 Å². The van der Waals surface area contributed by atoms with E-state index in [0.29, 0.717) is 49.2 Å². The van der Waals surface area contributed by atoms with Gasteiger partial charge in [-0.1, -0.05) is 108 Å². The lowest BCUT2D eigenvalue weighted by Crippen LogP contribution is -2.49. The predicted octanol–water partition coefficient (Wildman–Crippen LogP) is 9.30. The minimum absolute atomic E-state index is 0.0226. The van der Waals surface area contributed by atoms with E-state index in [9.17, 15) is 43.5 Å². The molecule has 6 rings (SSSR count). The Bertz CT molecular complexity index is 2740. The van der Waals surface area contributed by atoms with Crippen molar-refractivity contribution in [2.24, 2.45) is 16.6 Å². The molecule has 0 saturated heterocycles. The van der Waals surface area contributed by atoms with Gasteiger partial charge in [-0.25, -0.2) is 14.4 Å². The number of carbonyl (C=O) groups is 8. The number of alkyl carbamates (subject to hydrolysis) is 1. The second-order valence-corrected chi connectivity index (χ2v) is 21.9. The Kier molecular flexibility index (Phi) is 23.2. The number of carboxylic acids is 1. The quantitative estimate of drug-likeness (QED) is 0.0363. The van der Waals surface area contributed by atoms with Gasteiger partial charge in [0.2, 0.25) is 17.7 Å². The molecule has 18 nitrogen and oxygen atoms in total.